The summed E-state index contributed by atoms with van der Waals surface area (Å²) in [6.45, 7) is 8.77. The first-order valence-corrected chi connectivity index (χ1v) is 15.8. The van der Waals surface area contributed by atoms with Crippen LogP contribution in [-0.4, -0.2) is 144 Å². The largest absolute Gasteiger partial charge is 0.481 e. The summed E-state index contributed by atoms with van der Waals surface area (Å²) < 4.78 is 37.0. The molecule has 1 unspecified atom stereocenters. The number of nitrogens with one attached hydrogen (secondary N) is 3. The van der Waals surface area contributed by atoms with Crippen LogP contribution >= 0.6 is 0 Å². The van der Waals surface area contributed by atoms with Gasteiger partial charge in [-0.1, -0.05) is 0 Å². The Bertz CT molecular complexity index is 869. The van der Waals surface area contributed by atoms with Crippen molar-refractivity contribution in [1.82, 2.24) is 16.0 Å². The second-order valence-corrected chi connectivity index (χ2v) is 11.0. The van der Waals surface area contributed by atoms with E-state index in [9.17, 15) is 24.0 Å². The maximum absolute atomic E-state index is 12.9. The summed E-state index contributed by atoms with van der Waals surface area (Å²) in [7, 11) is 0. The number of hydrogen-bond acceptors (Lipinski definition) is 12. The van der Waals surface area contributed by atoms with Crippen molar-refractivity contribution in [2.24, 2.45) is 0 Å². The molecule has 0 heterocycles. The predicted molar refractivity (Wildman–Crippen MR) is 167 cm³/mol. The highest BCUT2D eigenvalue weighted by Gasteiger charge is 2.20. The van der Waals surface area contributed by atoms with Gasteiger partial charge < -0.3 is 59.3 Å². The highest BCUT2D eigenvalue weighted by atomic mass is 16.6. The molecule has 17 heteroatoms. The number of carboxylic acids is 2. The Kier molecular flexibility index (Phi) is 27.2. The molecule has 0 aliphatic heterocycles. The minimum absolute atomic E-state index is 0.0377. The van der Waals surface area contributed by atoms with Crippen LogP contribution in [0, 0.1) is 0 Å². The van der Waals surface area contributed by atoms with Crippen LogP contribution in [0.25, 0.3) is 0 Å². The summed E-state index contributed by atoms with van der Waals surface area (Å²) in [4.78, 5) is 58.0. The third-order valence-corrected chi connectivity index (χ3v) is 5.67. The average Bonchev–Trinajstić information content (AvgIpc) is 2.98. The van der Waals surface area contributed by atoms with E-state index < -0.39 is 29.7 Å². The second-order valence-electron chi connectivity index (χ2n) is 11.0. The lowest BCUT2D eigenvalue weighted by Gasteiger charge is -2.20. The first-order valence-electron chi connectivity index (χ1n) is 15.8. The average molecular weight is 682 g/mol. The van der Waals surface area contributed by atoms with Gasteiger partial charge >= 0.3 is 18.0 Å². The lowest BCUT2D eigenvalue weighted by molar-refractivity contribution is -0.139. The molecule has 1 atom stereocenters. The minimum atomic E-state index is -0.927. The van der Waals surface area contributed by atoms with Gasteiger partial charge in [0.15, 0.2) is 0 Å². The number of amides is 3. The number of unbranched alkanes of at least 4 members (excludes halogenated alkanes) is 1. The van der Waals surface area contributed by atoms with Gasteiger partial charge in [-0.15, -0.1) is 0 Å². The SMILES string of the molecule is CC(C)(C)OC(=O)NCCCCC(NC(=O)CCOCCOCCOCCC(=O)O)C(=O)NCCOCCOCCOCCC(=O)O. The monoisotopic (exact) mass is 681 g/mol. The van der Waals surface area contributed by atoms with Crippen LogP contribution in [0.4, 0.5) is 4.79 Å². The van der Waals surface area contributed by atoms with Crippen molar-refractivity contribution >= 4 is 29.8 Å². The fraction of sp³-hybridized carbons (Fsp3) is 0.833. The van der Waals surface area contributed by atoms with E-state index in [1.54, 1.807) is 20.8 Å². The molecule has 0 aliphatic carbocycles. The number of carbonyl (C=O) groups excluding carboxylic acids is 3. The molecule has 0 bridgehead atoms. The Morgan fingerprint density at radius 1 is 0.574 bits per heavy atom. The number of aliphatic carboxylic acids is 2. The van der Waals surface area contributed by atoms with E-state index in [0.717, 1.165) is 0 Å². The van der Waals surface area contributed by atoms with Crippen molar-refractivity contribution < 1.29 is 67.3 Å². The Morgan fingerprint density at radius 2 is 1.02 bits per heavy atom. The summed E-state index contributed by atoms with van der Waals surface area (Å²) in [6.07, 6.45) is 0.853. The van der Waals surface area contributed by atoms with Crippen molar-refractivity contribution in [2.75, 3.05) is 92.4 Å². The molecule has 5 N–H and O–H groups in total. The zero-order valence-corrected chi connectivity index (χ0v) is 28.0. The molecule has 47 heavy (non-hydrogen) atoms. The van der Waals surface area contributed by atoms with Crippen molar-refractivity contribution in [3.05, 3.63) is 0 Å². The quantitative estimate of drug-likeness (QED) is 0.0636. The second kappa shape index (κ2) is 29.1. The number of carboxylic acid groups (broad SMARTS) is 2. The topological polar surface area (TPSA) is 227 Å². The first kappa shape index (κ1) is 43.9. The van der Waals surface area contributed by atoms with E-state index in [2.05, 4.69) is 16.0 Å². The first-order chi connectivity index (χ1) is 22.4. The molecule has 3 amide bonds. The van der Waals surface area contributed by atoms with Gasteiger partial charge in [-0.2, -0.15) is 0 Å². The number of carbonyl (C=O) groups is 5. The van der Waals surface area contributed by atoms with Crippen LogP contribution in [0.2, 0.25) is 0 Å². The van der Waals surface area contributed by atoms with Gasteiger partial charge in [0.25, 0.3) is 0 Å². The zero-order chi connectivity index (χ0) is 35.2. The number of ether oxygens (including phenoxy) is 7. The normalized spacial score (nSPS) is 11.9. The molecule has 0 spiro atoms. The Labute approximate surface area is 276 Å². The predicted octanol–water partition coefficient (Wildman–Crippen LogP) is 0.722. The fourth-order valence-corrected chi connectivity index (χ4v) is 3.45. The zero-order valence-electron chi connectivity index (χ0n) is 28.0. The van der Waals surface area contributed by atoms with E-state index in [1.807, 2.05) is 0 Å². The molecule has 0 aromatic heterocycles. The van der Waals surface area contributed by atoms with Gasteiger partial charge in [0.2, 0.25) is 11.8 Å². The molecule has 0 aromatic carbocycles. The van der Waals surface area contributed by atoms with E-state index in [-0.39, 0.29) is 90.5 Å². The van der Waals surface area contributed by atoms with Gasteiger partial charge in [-0.3, -0.25) is 19.2 Å². The highest BCUT2D eigenvalue weighted by molar-refractivity contribution is 5.87. The maximum Gasteiger partial charge on any atom is 0.407 e. The van der Waals surface area contributed by atoms with Crippen LogP contribution in [-0.2, 0) is 52.3 Å². The van der Waals surface area contributed by atoms with Gasteiger partial charge in [-0.05, 0) is 40.0 Å². The van der Waals surface area contributed by atoms with Gasteiger partial charge in [0.1, 0.15) is 11.6 Å². The van der Waals surface area contributed by atoms with Crippen molar-refractivity contribution in [2.45, 2.75) is 70.9 Å². The van der Waals surface area contributed by atoms with E-state index >= 15 is 0 Å². The highest BCUT2D eigenvalue weighted by Crippen LogP contribution is 2.07. The summed E-state index contributed by atoms with van der Waals surface area (Å²) in [5.74, 6) is -2.57. The van der Waals surface area contributed by atoms with Crippen LogP contribution in [0.1, 0.15) is 59.3 Å². The van der Waals surface area contributed by atoms with E-state index in [0.29, 0.717) is 52.2 Å². The molecule has 0 aromatic rings. The van der Waals surface area contributed by atoms with Crippen molar-refractivity contribution in [1.29, 1.82) is 0 Å². The van der Waals surface area contributed by atoms with E-state index in [4.69, 9.17) is 43.4 Å². The van der Waals surface area contributed by atoms with Crippen molar-refractivity contribution in [3.63, 3.8) is 0 Å². The third kappa shape index (κ3) is 32.6. The molecule has 0 fully saturated rings. The molecule has 0 saturated carbocycles. The van der Waals surface area contributed by atoms with Crippen LogP contribution < -0.4 is 16.0 Å². The smallest absolute Gasteiger partial charge is 0.407 e. The van der Waals surface area contributed by atoms with Crippen LogP contribution in [0.15, 0.2) is 0 Å². The summed E-state index contributed by atoms with van der Waals surface area (Å²) in [5.41, 5.74) is -0.607. The maximum atomic E-state index is 12.9. The number of hydrogen-bond donors (Lipinski definition) is 5. The van der Waals surface area contributed by atoms with E-state index in [1.165, 1.54) is 0 Å². The minimum Gasteiger partial charge on any atom is -0.481 e. The molecule has 17 nitrogen and oxygen atoms in total. The van der Waals surface area contributed by atoms with Crippen molar-refractivity contribution in [3.8, 4) is 0 Å². The number of rotatable bonds is 31. The fourth-order valence-electron chi connectivity index (χ4n) is 3.45. The van der Waals surface area contributed by atoms with Gasteiger partial charge in [0, 0.05) is 19.5 Å². The molecule has 0 radical (unpaired) electrons. The molecular formula is C30H55N3O14. The third-order valence-electron chi connectivity index (χ3n) is 5.67. The Hall–Kier alpha value is -3.09. The Morgan fingerprint density at radius 3 is 1.49 bits per heavy atom. The summed E-state index contributed by atoms with van der Waals surface area (Å²) in [6, 6.07) is -0.794. The lowest BCUT2D eigenvalue weighted by Crippen LogP contribution is -2.47. The van der Waals surface area contributed by atoms with Crippen LogP contribution in [0.5, 0.6) is 0 Å². The number of alkyl carbamates (subject to hydrolysis) is 1. The van der Waals surface area contributed by atoms with Gasteiger partial charge in [-0.25, -0.2) is 4.79 Å². The lowest BCUT2D eigenvalue weighted by atomic mass is 10.1. The Balaban J connectivity index is 4.33. The summed E-state index contributed by atoms with van der Waals surface area (Å²) in [5, 5.41) is 25.3. The van der Waals surface area contributed by atoms with Gasteiger partial charge in [0.05, 0.1) is 92.1 Å². The molecule has 0 aliphatic rings. The molecule has 274 valence electrons. The molecular weight excluding hydrogens is 626 g/mol. The summed E-state index contributed by atoms with van der Waals surface area (Å²) >= 11 is 0. The standard InChI is InChI=1S/C30H55N3O14/c1-30(2,3)47-29(40)32-10-5-4-6-24(28(39)31-11-15-44-19-23-46-22-18-43-14-9-27(37)38)33-25(34)7-12-41-16-20-45-21-17-42-13-8-26(35)36/h24H,4-23H2,1-3H3,(H,31,39)(H,32,40)(H,33,34)(H,35,36)(H,37,38). The molecule has 0 rings (SSSR count). The molecule has 0 saturated heterocycles. The van der Waals surface area contributed by atoms with Crippen LogP contribution in [0.3, 0.4) is 0 Å².